The Hall–Kier alpha value is -0.360. The average molecular weight is 289 g/mol. The molecule has 1 saturated heterocycles. The Kier molecular flexibility index (Phi) is 7.70. The summed E-state index contributed by atoms with van der Waals surface area (Å²) in [5, 5.41) is 3.14. The number of nitrogens with zero attached hydrogens (tertiary/aromatic N) is 1. The van der Waals surface area contributed by atoms with Gasteiger partial charge in [-0.05, 0) is 6.07 Å². The normalized spacial score (nSPS) is 18.3. The van der Waals surface area contributed by atoms with E-state index in [9.17, 15) is 8.78 Å². The van der Waals surface area contributed by atoms with E-state index in [1.807, 2.05) is 0 Å². The Labute approximate surface area is 111 Å². The van der Waals surface area contributed by atoms with Gasteiger partial charge >= 0.3 is 0 Å². The van der Waals surface area contributed by atoms with Crippen LogP contribution in [0.25, 0.3) is 0 Å². The lowest BCUT2D eigenvalue weighted by Crippen LogP contribution is -2.46. The molecule has 1 aromatic rings. The molecular formula is C10H16Cl2F2N2O. The first-order valence-electron chi connectivity index (χ1n) is 5.04. The van der Waals surface area contributed by atoms with Crippen LogP contribution in [0.1, 0.15) is 11.6 Å². The highest BCUT2D eigenvalue weighted by molar-refractivity contribution is 5.85. The molecule has 0 radical (unpaired) electrons. The summed E-state index contributed by atoms with van der Waals surface area (Å²) < 4.78 is 30.7. The Balaban J connectivity index is 0.00000128. The SMILES string of the molecule is Cl.Cl.FC(F)[C@H](c1ccoc1)N1CCNCC1. The lowest BCUT2D eigenvalue weighted by atomic mass is 10.1. The van der Waals surface area contributed by atoms with Gasteiger partial charge in [0.2, 0.25) is 0 Å². The zero-order valence-electron chi connectivity index (χ0n) is 9.14. The Bertz CT molecular complexity index is 293. The van der Waals surface area contributed by atoms with Crippen molar-refractivity contribution in [2.24, 2.45) is 0 Å². The van der Waals surface area contributed by atoms with Gasteiger partial charge in [0.15, 0.2) is 0 Å². The first kappa shape index (κ1) is 16.6. The minimum atomic E-state index is -2.37. The van der Waals surface area contributed by atoms with E-state index in [2.05, 4.69) is 5.32 Å². The van der Waals surface area contributed by atoms with Crippen molar-refractivity contribution < 1.29 is 13.2 Å². The third kappa shape index (κ3) is 4.10. The number of hydrogen-bond acceptors (Lipinski definition) is 3. The first-order valence-corrected chi connectivity index (χ1v) is 5.04. The standard InChI is InChI=1S/C10H14F2N2O.2ClH/c11-10(12)9(8-1-6-15-7-8)14-4-2-13-3-5-14;;/h1,6-7,9-10,13H,2-5H2;2*1H/t9-;;/m0../s1. The summed E-state index contributed by atoms with van der Waals surface area (Å²) in [4.78, 5) is 1.80. The second-order valence-corrected chi connectivity index (χ2v) is 3.62. The number of rotatable bonds is 3. The topological polar surface area (TPSA) is 28.4 Å². The molecule has 1 fully saturated rings. The van der Waals surface area contributed by atoms with Gasteiger partial charge in [-0.15, -0.1) is 24.8 Å². The molecule has 0 saturated carbocycles. The summed E-state index contributed by atoms with van der Waals surface area (Å²) >= 11 is 0. The second kappa shape index (κ2) is 7.87. The Morgan fingerprint density at radius 2 is 1.88 bits per heavy atom. The maximum Gasteiger partial charge on any atom is 0.258 e. The van der Waals surface area contributed by atoms with Crippen molar-refractivity contribution in [2.75, 3.05) is 26.2 Å². The summed E-state index contributed by atoms with van der Waals surface area (Å²) in [6.45, 7) is 2.84. The molecule has 3 nitrogen and oxygen atoms in total. The maximum absolute atomic E-state index is 12.9. The smallest absolute Gasteiger partial charge is 0.258 e. The van der Waals surface area contributed by atoms with Gasteiger partial charge in [0.05, 0.1) is 18.6 Å². The van der Waals surface area contributed by atoms with Gasteiger partial charge in [0, 0.05) is 31.7 Å². The summed E-state index contributed by atoms with van der Waals surface area (Å²) in [6.07, 6.45) is 0.465. The highest BCUT2D eigenvalue weighted by Crippen LogP contribution is 2.27. The van der Waals surface area contributed by atoms with E-state index in [1.54, 1.807) is 11.0 Å². The molecule has 1 aliphatic heterocycles. The van der Waals surface area contributed by atoms with Crippen LogP contribution in [0.3, 0.4) is 0 Å². The van der Waals surface area contributed by atoms with Gasteiger partial charge in [-0.3, -0.25) is 4.90 Å². The number of hydrogen-bond donors (Lipinski definition) is 1. The number of furan rings is 1. The van der Waals surface area contributed by atoms with E-state index in [0.29, 0.717) is 18.7 Å². The number of piperazine rings is 1. The van der Waals surface area contributed by atoms with Gasteiger partial charge in [0.25, 0.3) is 6.43 Å². The van der Waals surface area contributed by atoms with E-state index < -0.39 is 12.5 Å². The summed E-state index contributed by atoms with van der Waals surface area (Å²) in [5.74, 6) is 0. The molecule has 2 heterocycles. The molecule has 1 atom stereocenters. The average Bonchev–Trinajstić information content (AvgIpc) is 2.72. The van der Waals surface area contributed by atoms with Crippen LogP contribution in [0.15, 0.2) is 23.0 Å². The maximum atomic E-state index is 12.9. The Morgan fingerprint density at radius 3 is 2.35 bits per heavy atom. The van der Waals surface area contributed by atoms with Crippen molar-refractivity contribution in [3.8, 4) is 0 Å². The summed E-state index contributed by atoms with van der Waals surface area (Å²) in [7, 11) is 0. The molecule has 0 aliphatic carbocycles. The fourth-order valence-corrected chi connectivity index (χ4v) is 1.92. The zero-order chi connectivity index (χ0) is 10.7. The predicted octanol–water partition coefficient (Wildman–Crippen LogP) is 2.33. The molecule has 1 aliphatic rings. The molecule has 0 aromatic carbocycles. The van der Waals surface area contributed by atoms with E-state index in [0.717, 1.165) is 13.1 Å². The van der Waals surface area contributed by atoms with E-state index >= 15 is 0 Å². The Morgan fingerprint density at radius 1 is 1.24 bits per heavy atom. The van der Waals surface area contributed by atoms with Crippen molar-refractivity contribution in [1.29, 1.82) is 0 Å². The lowest BCUT2D eigenvalue weighted by Gasteiger charge is -2.33. The summed E-state index contributed by atoms with van der Waals surface area (Å²) in [6, 6.07) is 0.782. The molecule has 0 unspecified atom stereocenters. The molecule has 7 heteroatoms. The van der Waals surface area contributed by atoms with E-state index in [4.69, 9.17) is 4.42 Å². The molecule has 1 N–H and O–H groups in total. The fraction of sp³-hybridized carbons (Fsp3) is 0.600. The zero-order valence-corrected chi connectivity index (χ0v) is 10.8. The van der Waals surface area contributed by atoms with Crippen molar-refractivity contribution in [3.63, 3.8) is 0 Å². The van der Waals surface area contributed by atoms with Crippen LogP contribution in [-0.2, 0) is 0 Å². The molecule has 0 bridgehead atoms. The van der Waals surface area contributed by atoms with Crippen LogP contribution in [-0.4, -0.2) is 37.5 Å². The molecule has 1 aromatic heterocycles. The van der Waals surface area contributed by atoms with Crippen LogP contribution in [0.4, 0.5) is 8.78 Å². The highest BCUT2D eigenvalue weighted by atomic mass is 35.5. The van der Waals surface area contributed by atoms with Crippen LogP contribution < -0.4 is 5.32 Å². The molecule has 0 spiro atoms. The largest absolute Gasteiger partial charge is 0.472 e. The van der Waals surface area contributed by atoms with Gasteiger partial charge in [-0.25, -0.2) is 8.78 Å². The quantitative estimate of drug-likeness (QED) is 0.925. The molecule has 17 heavy (non-hydrogen) atoms. The van der Waals surface area contributed by atoms with E-state index in [-0.39, 0.29) is 24.8 Å². The van der Waals surface area contributed by atoms with Crippen LogP contribution >= 0.6 is 24.8 Å². The van der Waals surface area contributed by atoms with Gasteiger partial charge in [-0.2, -0.15) is 0 Å². The van der Waals surface area contributed by atoms with Crippen LogP contribution in [0.5, 0.6) is 0 Å². The van der Waals surface area contributed by atoms with Gasteiger partial charge in [0.1, 0.15) is 0 Å². The highest BCUT2D eigenvalue weighted by Gasteiger charge is 2.30. The third-order valence-corrected chi connectivity index (χ3v) is 2.67. The van der Waals surface area contributed by atoms with Gasteiger partial charge in [-0.1, -0.05) is 0 Å². The number of halogens is 4. The minimum absolute atomic E-state index is 0. The minimum Gasteiger partial charge on any atom is -0.472 e. The second-order valence-electron chi connectivity index (χ2n) is 3.62. The van der Waals surface area contributed by atoms with Crippen molar-refractivity contribution in [1.82, 2.24) is 10.2 Å². The van der Waals surface area contributed by atoms with E-state index in [1.165, 1.54) is 12.5 Å². The number of alkyl halides is 2. The molecule has 0 amide bonds. The van der Waals surface area contributed by atoms with Crippen LogP contribution in [0.2, 0.25) is 0 Å². The first-order chi connectivity index (χ1) is 7.29. The lowest BCUT2D eigenvalue weighted by molar-refractivity contribution is 0.0179. The van der Waals surface area contributed by atoms with Crippen molar-refractivity contribution >= 4 is 24.8 Å². The predicted molar refractivity (Wildman–Crippen MR) is 66.4 cm³/mol. The molecular weight excluding hydrogens is 273 g/mol. The molecule has 2 rings (SSSR count). The third-order valence-electron chi connectivity index (χ3n) is 2.67. The number of nitrogens with one attached hydrogen (secondary N) is 1. The van der Waals surface area contributed by atoms with Crippen molar-refractivity contribution in [2.45, 2.75) is 12.5 Å². The van der Waals surface area contributed by atoms with Crippen molar-refractivity contribution in [3.05, 3.63) is 24.2 Å². The fourth-order valence-electron chi connectivity index (χ4n) is 1.92. The van der Waals surface area contributed by atoms with Crippen LogP contribution in [0, 0.1) is 0 Å². The summed E-state index contributed by atoms with van der Waals surface area (Å²) in [5.41, 5.74) is 0.562. The monoisotopic (exact) mass is 288 g/mol. The van der Waals surface area contributed by atoms with Gasteiger partial charge < -0.3 is 9.73 Å². The molecule has 100 valence electrons.